The van der Waals surface area contributed by atoms with E-state index in [1.165, 1.54) is 12.1 Å². The number of hydrogen-bond acceptors (Lipinski definition) is 6. The number of hydrogen-bond donors (Lipinski definition) is 1. The van der Waals surface area contributed by atoms with Gasteiger partial charge in [-0.1, -0.05) is 23.7 Å². The first-order chi connectivity index (χ1) is 14.5. The lowest BCUT2D eigenvalue weighted by molar-refractivity contribution is -0.384. The van der Waals surface area contributed by atoms with Crippen LogP contribution in [0.3, 0.4) is 0 Å². The smallest absolute Gasteiger partial charge is 0.269 e. The molecule has 0 saturated carbocycles. The molecule has 0 radical (unpaired) electrons. The summed E-state index contributed by atoms with van der Waals surface area (Å²) >= 11 is 5.91. The zero-order chi connectivity index (χ0) is 21.3. The molecule has 0 amide bonds. The van der Waals surface area contributed by atoms with Crippen LogP contribution in [-0.2, 0) is 6.61 Å². The second kappa shape index (κ2) is 10.3. The third-order valence-corrected chi connectivity index (χ3v) is 4.31. The number of benzene rings is 3. The highest BCUT2D eigenvalue weighted by Gasteiger charge is 2.07. The molecule has 154 valence electrons. The Hall–Kier alpha value is -3.58. The van der Waals surface area contributed by atoms with E-state index in [9.17, 15) is 10.1 Å². The van der Waals surface area contributed by atoms with Crippen LogP contribution in [0.4, 0.5) is 11.4 Å². The SMILES string of the molecule is CCOc1cc(C=NNc2ccc([N+](=O)[O-])cc2)ccc1OCc1ccc(Cl)cc1. The molecule has 0 atom stereocenters. The van der Waals surface area contributed by atoms with Crippen molar-refractivity contribution in [1.29, 1.82) is 0 Å². The van der Waals surface area contributed by atoms with Crippen molar-refractivity contribution >= 4 is 29.2 Å². The van der Waals surface area contributed by atoms with Gasteiger partial charge >= 0.3 is 0 Å². The van der Waals surface area contributed by atoms with Crippen LogP contribution in [0.1, 0.15) is 18.1 Å². The number of ether oxygens (including phenoxy) is 2. The first-order valence-corrected chi connectivity index (χ1v) is 9.60. The summed E-state index contributed by atoms with van der Waals surface area (Å²) in [5.74, 6) is 1.25. The first-order valence-electron chi connectivity index (χ1n) is 9.23. The molecule has 0 saturated heterocycles. The number of non-ortho nitro benzene ring substituents is 1. The molecule has 1 N–H and O–H groups in total. The summed E-state index contributed by atoms with van der Waals surface area (Å²) < 4.78 is 11.6. The molecule has 0 fully saturated rings. The minimum Gasteiger partial charge on any atom is -0.490 e. The highest BCUT2D eigenvalue weighted by atomic mass is 35.5. The molecule has 0 aromatic heterocycles. The Labute approximate surface area is 179 Å². The summed E-state index contributed by atoms with van der Waals surface area (Å²) in [4.78, 5) is 10.2. The Bertz CT molecular complexity index is 1020. The van der Waals surface area contributed by atoms with Crippen molar-refractivity contribution in [3.05, 3.63) is 93.0 Å². The van der Waals surface area contributed by atoms with Crippen molar-refractivity contribution in [2.75, 3.05) is 12.0 Å². The van der Waals surface area contributed by atoms with E-state index in [1.807, 2.05) is 49.4 Å². The number of anilines is 1. The summed E-state index contributed by atoms with van der Waals surface area (Å²) in [6.45, 7) is 2.80. The number of rotatable bonds is 9. The Morgan fingerprint density at radius 3 is 2.43 bits per heavy atom. The van der Waals surface area contributed by atoms with Crippen LogP contribution < -0.4 is 14.9 Å². The zero-order valence-corrected chi connectivity index (χ0v) is 17.0. The van der Waals surface area contributed by atoms with Crippen molar-refractivity contribution in [1.82, 2.24) is 0 Å². The summed E-state index contributed by atoms with van der Waals surface area (Å²) in [6, 6.07) is 19.0. The molecule has 30 heavy (non-hydrogen) atoms. The Morgan fingerprint density at radius 1 is 1.03 bits per heavy atom. The second-order valence-corrected chi connectivity index (χ2v) is 6.66. The zero-order valence-electron chi connectivity index (χ0n) is 16.2. The van der Waals surface area contributed by atoms with Gasteiger partial charge in [0.1, 0.15) is 6.61 Å². The second-order valence-electron chi connectivity index (χ2n) is 6.23. The van der Waals surface area contributed by atoms with E-state index in [-0.39, 0.29) is 5.69 Å². The van der Waals surface area contributed by atoms with Gasteiger partial charge in [0, 0.05) is 17.2 Å². The maximum atomic E-state index is 10.7. The fourth-order valence-electron chi connectivity index (χ4n) is 2.57. The number of hydrazone groups is 1. The minimum absolute atomic E-state index is 0.0278. The molecule has 8 heteroatoms. The van der Waals surface area contributed by atoms with Crippen molar-refractivity contribution in [3.63, 3.8) is 0 Å². The quantitative estimate of drug-likeness (QED) is 0.271. The lowest BCUT2D eigenvalue weighted by Crippen LogP contribution is -2.00. The predicted octanol–water partition coefficient (Wildman–Crippen LogP) is 5.67. The molecule has 0 aliphatic rings. The third-order valence-electron chi connectivity index (χ3n) is 4.06. The van der Waals surface area contributed by atoms with Gasteiger partial charge in [-0.3, -0.25) is 15.5 Å². The maximum Gasteiger partial charge on any atom is 0.269 e. The van der Waals surface area contributed by atoms with E-state index in [0.717, 1.165) is 11.1 Å². The van der Waals surface area contributed by atoms with E-state index in [4.69, 9.17) is 21.1 Å². The van der Waals surface area contributed by atoms with Crippen LogP contribution in [0.15, 0.2) is 71.8 Å². The van der Waals surface area contributed by atoms with Gasteiger partial charge in [0.2, 0.25) is 0 Å². The molecule has 3 aromatic carbocycles. The van der Waals surface area contributed by atoms with Gasteiger partial charge in [-0.2, -0.15) is 5.10 Å². The van der Waals surface area contributed by atoms with Crippen LogP contribution in [0.25, 0.3) is 0 Å². The number of nitro groups is 1. The van der Waals surface area contributed by atoms with Gasteiger partial charge in [-0.15, -0.1) is 0 Å². The average Bonchev–Trinajstić information content (AvgIpc) is 2.75. The molecule has 0 bridgehead atoms. The van der Waals surface area contributed by atoms with Gasteiger partial charge in [0.15, 0.2) is 11.5 Å². The maximum absolute atomic E-state index is 10.7. The summed E-state index contributed by atoms with van der Waals surface area (Å²) in [7, 11) is 0. The van der Waals surface area contributed by atoms with Crippen LogP contribution in [-0.4, -0.2) is 17.7 Å². The molecule has 0 unspecified atom stereocenters. The fraction of sp³-hybridized carbons (Fsp3) is 0.136. The van der Waals surface area contributed by atoms with Crippen molar-refractivity contribution in [3.8, 4) is 11.5 Å². The Kier molecular flexibility index (Phi) is 7.24. The minimum atomic E-state index is -0.446. The van der Waals surface area contributed by atoms with Crippen molar-refractivity contribution in [2.45, 2.75) is 13.5 Å². The third kappa shape index (κ3) is 5.96. The van der Waals surface area contributed by atoms with Crippen LogP contribution >= 0.6 is 11.6 Å². The summed E-state index contributed by atoms with van der Waals surface area (Å²) in [5, 5.41) is 15.5. The largest absolute Gasteiger partial charge is 0.490 e. The first kappa shape index (κ1) is 21.1. The normalized spacial score (nSPS) is 10.7. The predicted molar refractivity (Wildman–Crippen MR) is 118 cm³/mol. The lowest BCUT2D eigenvalue weighted by Gasteiger charge is -2.12. The summed E-state index contributed by atoms with van der Waals surface area (Å²) in [6.07, 6.45) is 1.63. The Balaban J connectivity index is 1.65. The van der Waals surface area contributed by atoms with Gasteiger partial charge in [0.05, 0.1) is 23.4 Å². The van der Waals surface area contributed by atoms with E-state index in [0.29, 0.717) is 35.4 Å². The lowest BCUT2D eigenvalue weighted by atomic mass is 10.2. The number of nitrogens with zero attached hydrogens (tertiary/aromatic N) is 2. The molecular formula is C22H20ClN3O4. The monoisotopic (exact) mass is 425 g/mol. The topological polar surface area (TPSA) is 86.0 Å². The fourth-order valence-corrected chi connectivity index (χ4v) is 2.70. The van der Waals surface area contributed by atoms with E-state index < -0.39 is 4.92 Å². The highest BCUT2D eigenvalue weighted by molar-refractivity contribution is 6.30. The van der Waals surface area contributed by atoms with Crippen LogP contribution in [0.2, 0.25) is 5.02 Å². The van der Waals surface area contributed by atoms with Gasteiger partial charge in [0.25, 0.3) is 5.69 Å². The van der Waals surface area contributed by atoms with Gasteiger partial charge in [-0.25, -0.2) is 0 Å². The molecule has 3 rings (SSSR count). The number of nitrogens with one attached hydrogen (secondary N) is 1. The molecule has 0 heterocycles. The average molecular weight is 426 g/mol. The van der Waals surface area contributed by atoms with Crippen molar-refractivity contribution < 1.29 is 14.4 Å². The van der Waals surface area contributed by atoms with Gasteiger partial charge in [-0.05, 0) is 60.5 Å². The summed E-state index contributed by atoms with van der Waals surface area (Å²) in [5.41, 5.74) is 5.32. The van der Waals surface area contributed by atoms with E-state index in [2.05, 4.69) is 10.5 Å². The molecule has 0 aliphatic carbocycles. The molecule has 7 nitrogen and oxygen atoms in total. The highest BCUT2D eigenvalue weighted by Crippen LogP contribution is 2.29. The van der Waals surface area contributed by atoms with E-state index in [1.54, 1.807) is 18.3 Å². The molecule has 3 aromatic rings. The molecule has 0 spiro atoms. The Morgan fingerprint density at radius 2 is 1.77 bits per heavy atom. The molecular weight excluding hydrogens is 406 g/mol. The van der Waals surface area contributed by atoms with Crippen molar-refractivity contribution in [2.24, 2.45) is 5.10 Å². The van der Waals surface area contributed by atoms with E-state index >= 15 is 0 Å². The number of nitro benzene ring substituents is 1. The number of halogens is 1. The van der Waals surface area contributed by atoms with Crippen LogP contribution in [0, 0.1) is 10.1 Å². The van der Waals surface area contributed by atoms with Crippen LogP contribution in [0.5, 0.6) is 11.5 Å². The molecule has 0 aliphatic heterocycles. The standard InChI is InChI=1S/C22H20ClN3O4/c1-2-29-22-13-17(14-24-25-19-8-10-20(11-9-19)26(27)28)5-12-21(22)30-15-16-3-6-18(23)7-4-16/h3-14,25H,2,15H2,1H3. The van der Waals surface area contributed by atoms with Gasteiger partial charge < -0.3 is 9.47 Å².